The lowest BCUT2D eigenvalue weighted by Crippen LogP contribution is -2.41. The minimum absolute atomic E-state index is 0.126. The molecule has 3 heterocycles. The second-order valence-corrected chi connectivity index (χ2v) is 7.67. The van der Waals surface area contributed by atoms with Crippen molar-refractivity contribution in [2.75, 3.05) is 19.7 Å². The van der Waals surface area contributed by atoms with Crippen molar-refractivity contribution in [3.63, 3.8) is 0 Å². The smallest absolute Gasteiger partial charge is 0.417 e. The van der Waals surface area contributed by atoms with Gasteiger partial charge in [0.25, 0.3) is 15.9 Å². The molecule has 0 aliphatic carbocycles. The van der Waals surface area contributed by atoms with Gasteiger partial charge in [-0.05, 0) is 17.9 Å². The number of carbonyl (C=O) groups is 2. The Kier molecular flexibility index (Phi) is 3.27. The van der Waals surface area contributed by atoms with Crippen LogP contribution in [0.5, 0.6) is 0 Å². The molecule has 3 rings (SSSR count). The van der Waals surface area contributed by atoms with E-state index in [9.17, 15) is 18.0 Å². The molecule has 2 saturated heterocycles. The van der Waals surface area contributed by atoms with Crippen molar-refractivity contribution in [3.8, 4) is 0 Å². The van der Waals surface area contributed by atoms with Crippen LogP contribution in [0.2, 0.25) is 0 Å². The minimum Gasteiger partial charge on any atom is -0.439 e. The highest BCUT2D eigenvalue weighted by Crippen LogP contribution is 2.27. The zero-order valence-electron chi connectivity index (χ0n) is 10.4. The molecule has 0 unspecified atom stereocenters. The van der Waals surface area contributed by atoms with Crippen LogP contribution in [0.15, 0.2) is 21.7 Å². The molecule has 0 radical (unpaired) electrons. The fraction of sp³-hybridized carbons (Fsp3) is 0.455. The van der Waals surface area contributed by atoms with Gasteiger partial charge in [-0.15, -0.1) is 11.3 Å². The summed E-state index contributed by atoms with van der Waals surface area (Å²) in [7, 11) is -3.53. The van der Waals surface area contributed by atoms with Crippen LogP contribution >= 0.6 is 11.3 Å². The summed E-state index contributed by atoms with van der Waals surface area (Å²) in [4.78, 5) is 24.1. The summed E-state index contributed by atoms with van der Waals surface area (Å²) < 4.78 is 30.9. The Morgan fingerprint density at radius 3 is 2.75 bits per heavy atom. The molecule has 108 valence electrons. The van der Waals surface area contributed by atoms with Crippen LogP contribution in [0.4, 0.5) is 4.79 Å². The molecule has 2 aliphatic heterocycles. The largest absolute Gasteiger partial charge is 0.439 e. The van der Waals surface area contributed by atoms with Gasteiger partial charge in [0.2, 0.25) is 0 Å². The van der Waals surface area contributed by atoms with Crippen molar-refractivity contribution in [3.05, 3.63) is 17.5 Å². The lowest BCUT2D eigenvalue weighted by molar-refractivity contribution is -0.127. The third-order valence-corrected chi connectivity index (χ3v) is 6.60. The fourth-order valence-corrected chi connectivity index (χ4v) is 5.03. The molecule has 2 aliphatic rings. The van der Waals surface area contributed by atoms with Crippen LogP contribution in [0.1, 0.15) is 6.42 Å². The van der Waals surface area contributed by atoms with Crippen LogP contribution in [0.3, 0.4) is 0 Å². The Morgan fingerprint density at radius 2 is 2.15 bits per heavy atom. The molecular weight excluding hydrogens is 304 g/mol. The Bertz CT molecular complexity index is 624. The quantitative estimate of drug-likeness (QED) is 0.810. The molecule has 0 saturated carbocycles. The number of hydrogen-bond acceptors (Lipinski definition) is 6. The van der Waals surface area contributed by atoms with E-state index in [1.54, 1.807) is 17.5 Å². The summed E-state index contributed by atoms with van der Waals surface area (Å²) in [6, 6.07) is 2.78. The van der Waals surface area contributed by atoms with Crippen molar-refractivity contribution >= 4 is 33.4 Å². The predicted octanol–water partition coefficient (Wildman–Crippen LogP) is 0.490. The molecule has 0 bridgehead atoms. The van der Waals surface area contributed by atoms with Gasteiger partial charge in [0.15, 0.2) is 6.61 Å². The first-order valence-corrected chi connectivity index (χ1v) is 8.34. The van der Waals surface area contributed by atoms with E-state index in [-0.39, 0.29) is 17.4 Å². The van der Waals surface area contributed by atoms with Crippen molar-refractivity contribution < 1.29 is 22.7 Å². The van der Waals surface area contributed by atoms with E-state index in [1.165, 1.54) is 4.31 Å². The third kappa shape index (κ3) is 2.11. The molecule has 1 aromatic rings. The summed E-state index contributed by atoms with van der Waals surface area (Å²) in [5, 5.41) is 1.70. The van der Waals surface area contributed by atoms with Gasteiger partial charge in [-0.25, -0.2) is 18.1 Å². The van der Waals surface area contributed by atoms with Crippen molar-refractivity contribution in [2.24, 2.45) is 0 Å². The van der Waals surface area contributed by atoms with E-state index < -0.39 is 28.1 Å². The number of hydrogen-bond donors (Lipinski definition) is 0. The molecule has 9 heteroatoms. The number of carbonyl (C=O) groups excluding carboxylic acids is 2. The zero-order chi connectivity index (χ0) is 14.3. The van der Waals surface area contributed by atoms with Gasteiger partial charge in [-0.1, -0.05) is 6.07 Å². The number of thiophene rings is 1. The molecule has 2 amide bonds. The van der Waals surface area contributed by atoms with E-state index in [2.05, 4.69) is 4.74 Å². The Balaban J connectivity index is 1.77. The van der Waals surface area contributed by atoms with Gasteiger partial charge in [-0.3, -0.25) is 4.79 Å². The van der Waals surface area contributed by atoms with Gasteiger partial charge in [0.1, 0.15) is 4.21 Å². The van der Waals surface area contributed by atoms with Gasteiger partial charge in [0, 0.05) is 13.1 Å². The van der Waals surface area contributed by atoms with Gasteiger partial charge >= 0.3 is 6.09 Å². The predicted molar refractivity (Wildman–Crippen MR) is 69.7 cm³/mol. The average molecular weight is 316 g/mol. The van der Waals surface area contributed by atoms with Crippen LogP contribution < -0.4 is 0 Å². The zero-order valence-corrected chi connectivity index (χ0v) is 12.0. The molecule has 2 fully saturated rings. The lowest BCUT2D eigenvalue weighted by Gasteiger charge is -2.19. The van der Waals surface area contributed by atoms with E-state index in [0.29, 0.717) is 13.0 Å². The molecule has 0 aromatic carbocycles. The van der Waals surface area contributed by atoms with Crippen LogP contribution in [-0.4, -0.2) is 55.4 Å². The van der Waals surface area contributed by atoms with Crippen LogP contribution in [0, 0.1) is 0 Å². The number of imide groups is 1. The van der Waals surface area contributed by atoms with E-state index in [4.69, 9.17) is 0 Å². The summed E-state index contributed by atoms with van der Waals surface area (Å²) >= 11 is 1.15. The second kappa shape index (κ2) is 4.83. The molecular formula is C11H12N2O5S2. The number of sulfonamides is 1. The maximum Gasteiger partial charge on any atom is 0.417 e. The van der Waals surface area contributed by atoms with Crippen LogP contribution in [-0.2, 0) is 19.6 Å². The second-order valence-electron chi connectivity index (χ2n) is 4.56. The van der Waals surface area contributed by atoms with Gasteiger partial charge in [0.05, 0.1) is 6.04 Å². The van der Waals surface area contributed by atoms with Crippen molar-refractivity contribution in [1.82, 2.24) is 9.21 Å². The standard InChI is InChI=1S/C11H12N2O5S2/c14-9-7-18-11(15)13(9)8-3-4-12(6-8)20(16,17)10-2-1-5-19-10/h1-2,5,8H,3-4,6-7H2/t8-/m0/s1. The number of cyclic esters (lactones) is 1. The van der Waals surface area contributed by atoms with E-state index in [0.717, 1.165) is 16.2 Å². The van der Waals surface area contributed by atoms with Crippen molar-refractivity contribution in [1.29, 1.82) is 0 Å². The first-order valence-electron chi connectivity index (χ1n) is 6.02. The number of rotatable bonds is 3. The van der Waals surface area contributed by atoms with Crippen LogP contribution in [0.25, 0.3) is 0 Å². The van der Waals surface area contributed by atoms with Gasteiger partial charge < -0.3 is 4.74 Å². The van der Waals surface area contributed by atoms with Gasteiger partial charge in [-0.2, -0.15) is 4.31 Å². The number of ether oxygens (including phenoxy) is 1. The van der Waals surface area contributed by atoms with E-state index >= 15 is 0 Å². The Labute approximate surface area is 119 Å². The SMILES string of the molecule is O=C1COC(=O)N1[C@H]1CCN(S(=O)(=O)c2cccs2)C1. The molecule has 1 atom stereocenters. The highest BCUT2D eigenvalue weighted by atomic mass is 32.2. The maximum atomic E-state index is 12.3. The maximum absolute atomic E-state index is 12.3. The average Bonchev–Trinajstić information content (AvgIpc) is 3.10. The first-order chi connectivity index (χ1) is 9.50. The molecule has 7 nitrogen and oxygen atoms in total. The first kappa shape index (κ1) is 13.5. The summed E-state index contributed by atoms with van der Waals surface area (Å²) in [5.74, 6) is -0.407. The molecule has 20 heavy (non-hydrogen) atoms. The Hall–Kier alpha value is -1.45. The summed E-state index contributed by atoms with van der Waals surface area (Å²) in [5.41, 5.74) is 0. The fourth-order valence-electron chi connectivity index (χ4n) is 2.39. The number of amides is 2. The lowest BCUT2D eigenvalue weighted by atomic mass is 10.2. The topological polar surface area (TPSA) is 84.0 Å². The monoisotopic (exact) mass is 316 g/mol. The minimum atomic E-state index is -3.53. The molecule has 0 N–H and O–H groups in total. The number of nitrogens with zero attached hydrogens (tertiary/aromatic N) is 2. The normalized spacial score (nSPS) is 24.4. The Morgan fingerprint density at radius 1 is 1.35 bits per heavy atom. The highest BCUT2D eigenvalue weighted by Gasteiger charge is 2.43. The van der Waals surface area contributed by atoms with Crippen molar-refractivity contribution in [2.45, 2.75) is 16.7 Å². The molecule has 1 aromatic heterocycles. The molecule has 0 spiro atoms. The highest BCUT2D eigenvalue weighted by molar-refractivity contribution is 7.91. The van der Waals surface area contributed by atoms with E-state index in [1.807, 2.05) is 0 Å². The summed E-state index contributed by atoms with van der Waals surface area (Å²) in [6.07, 6.45) is -0.249. The third-order valence-electron chi connectivity index (χ3n) is 3.36. The summed E-state index contributed by atoms with van der Waals surface area (Å²) in [6.45, 7) is 0.163.